The van der Waals surface area contributed by atoms with Gasteiger partial charge in [-0.05, 0) is 6.16 Å². The Hall–Kier alpha value is 0.801. The maximum Gasteiger partial charge on any atom is 2.00 e. The van der Waals surface area contributed by atoms with Gasteiger partial charge < -0.3 is 20.5 Å². The molecule has 0 atom stereocenters. The van der Waals surface area contributed by atoms with E-state index in [0.717, 1.165) is 0 Å². The van der Waals surface area contributed by atoms with Crippen molar-refractivity contribution in [2.24, 2.45) is 0 Å². The van der Waals surface area contributed by atoms with Gasteiger partial charge in [-0.1, -0.05) is 0 Å². The van der Waals surface area contributed by atoms with E-state index >= 15 is 0 Å². The van der Waals surface area contributed by atoms with Gasteiger partial charge in [-0.3, -0.25) is 0 Å². The normalized spacial score (nSPS) is 4.00. The van der Waals surface area contributed by atoms with Crippen LogP contribution in [0.1, 0.15) is 0 Å². The zero-order valence-corrected chi connectivity index (χ0v) is 7.32. The van der Waals surface area contributed by atoms with E-state index in [0.29, 0.717) is 0 Å². The molecule has 0 aromatic heterocycles. The number of rotatable bonds is 0. The molecule has 0 rings (SSSR count). The number of hydrogen-bond acceptors (Lipinski definition) is 4. The minimum atomic E-state index is -2.33. The first kappa shape index (κ1) is 15.8. The van der Waals surface area contributed by atoms with Crippen LogP contribution in [0.4, 0.5) is 4.79 Å². The molecule has 4 nitrogen and oxygen atoms in total. The molecule has 5 heteroatoms. The summed E-state index contributed by atoms with van der Waals surface area (Å²) in [5.41, 5.74) is 0. The van der Waals surface area contributed by atoms with Crippen LogP contribution in [0.5, 0.6) is 0 Å². The molecule has 6 heavy (non-hydrogen) atoms. The first-order chi connectivity index (χ1) is 1.73. The van der Waals surface area contributed by atoms with Crippen LogP contribution in [0.2, 0.25) is 0 Å². The topological polar surface area (TPSA) is 93.2 Å². The van der Waals surface area contributed by atoms with Crippen LogP contribution in [-0.2, 0) is 0 Å². The molecule has 0 aliphatic rings. The van der Waals surface area contributed by atoms with Crippen LogP contribution in [0.15, 0.2) is 0 Å². The van der Waals surface area contributed by atoms with Crippen LogP contribution >= 0.6 is 0 Å². The Labute approximate surface area is 74.5 Å². The molecule has 0 heterocycles. The molecule has 0 saturated heterocycles. The monoisotopic (exact) mass is 215 g/mol. The van der Waals surface area contributed by atoms with Crippen molar-refractivity contribution < 1.29 is 20.5 Å². The molecule has 0 amide bonds. The van der Waals surface area contributed by atoms with E-state index in [1.807, 2.05) is 0 Å². The van der Waals surface area contributed by atoms with Gasteiger partial charge >= 0.3 is 48.9 Å². The average molecular weight is 214 g/mol. The Morgan fingerprint density at radius 2 is 1.33 bits per heavy atom. The van der Waals surface area contributed by atoms with Crippen molar-refractivity contribution in [2.75, 3.05) is 0 Å². The fourth-order valence-electron chi connectivity index (χ4n) is 0. The van der Waals surface area contributed by atoms with E-state index in [-0.39, 0.29) is 54.4 Å². The minimum Gasteiger partial charge on any atom is -0.870 e. The number of carbonyl (C=O) groups is 1. The molecular formula is CHBaO4-. The molecule has 0 aromatic rings. The summed E-state index contributed by atoms with van der Waals surface area (Å²) in [5.74, 6) is 0. The predicted molar refractivity (Wildman–Crippen MR) is 13.1 cm³/mol. The third kappa shape index (κ3) is 108. The molecule has 0 saturated carbocycles. The smallest absolute Gasteiger partial charge is 0.870 e. The van der Waals surface area contributed by atoms with Crippen molar-refractivity contribution in [3.05, 3.63) is 0 Å². The van der Waals surface area contributed by atoms with Gasteiger partial charge in [-0.25, -0.2) is 0 Å². The summed E-state index contributed by atoms with van der Waals surface area (Å²) < 4.78 is 0. The SMILES string of the molecule is O=C([O-])[O-].[Ba+2].[OH-]. The second-order valence-electron chi connectivity index (χ2n) is 0.250. The van der Waals surface area contributed by atoms with Crippen LogP contribution in [0.25, 0.3) is 0 Å². The molecule has 1 N–H and O–H groups in total. The summed E-state index contributed by atoms with van der Waals surface area (Å²) in [6.45, 7) is 0. The van der Waals surface area contributed by atoms with Crippen LogP contribution in [-0.4, -0.2) is 60.5 Å². The largest absolute Gasteiger partial charge is 2.00 e. The first-order valence-electron chi connectivity index (χ1n) is 0.612. The van der Waals surface area contributed by atoms with Gasteiger partial charge in [0.05, 0.1) is 0 Å². The molecule has 0 spiro atoms. The van der Waals surface area contributed by atoms with Gasteiger partial charge in [0.1, 0.15) is 0 Å². The summed E-state index contributed by atoms with van der Waals surface area (Å²) in [5, 5.41) is 16.7. The Morgan fingerprint density at radius 3 is 1.33 bits per heavy atom. The minimum absolute atomic E-state index is 0. The quantitative estimate of drug-likeness (QED) is 0.402. The van der Waals surface area contributed by atoms with Gasteiger partial charge in [0.2, 0.25) is 0 Å². The van der Waals surface area contributed by atoms with Crippen LogP contribution in [0.3, 0.4) is 0 Å². The summed E-state index contributed by atoms with van der Waals surface area (Å²) in [6.07, 6.45) is -2.33. The van der Waals surface area contributed by atoms with Crippen molar-refractivity contribution >= 4 is 55.0 Å². The van der Waals surface area contributed by atoms with Gasteiger partial charge in [-0.15, -0.1) is 0 Å². The summed E-state index contributed by atoms with van der Waals surface area (Å²) in [7, 11) is 0. The molecule has 0 aliphatic carbocycles. The third-order valence-corrected chi connectivity index (χ3v) is 0. The number of carbonyl (C=O) groups excluding carboxylic acids is 1. The average Bonchev–Trinajstić information content (AvgIpc) is 0.811. The molecular weight excluding hydrogens is 213 g/mol. The zero-order chi connectivity index (χ0) is 3.58. The van der Waals surface area contributed by atoms with Crippen LogP contribution in [0, 0.1) is 0 Å². The van der Waals surface area contributed by atoms with Gasteiger partial charge in [-0.2, -0.15) is 0 Å². The molecule has 0 radical (unpaired) electrons. The maximum atomic E-state index is 8.33. The van der Waals surface area contributed by atoms with E-state index in [9.17, 15) is 0 Å². The summed E-state index contributed by atoms with van der Waals surface area (Å²) in [4.78, 5) is 8.33. The van der Waals surface area contributed by atoms with Crippen molar-refractivity contribution in [3.63, 3.8) is 0 Å². The maximum absolute atomic E-state index is 8.33. The van der Waals surface area contributed by atoms with Crippen molar-refractivity contribution in [1.82, 2.24) is 0 Å². The van der Waals surface area contributed by atoms with Gasteiger partial charge in [0.25, 0.3) is 0 Å². The Balaban J connectivity index is -0.0000000450. The Kier molecular flexibility index (Phi) is 24.4. The summed E-state index contributed by atoms with van der Waals surface area (Å²) in [6, 6.07) is 0. The fraction of sp³-hybridized carbons (Fsp3) is 0. The molecule has 0 unspecified atom stereocenters. The van der Waals surface area contributed by atoms with Crippen molar-refractivity contribution in [1.29, 1.82) is 0 Å². The molecule has 0 fully saturated rings. The second-order valence-corrected chi connectivity index (χ2v) is 0.250. The van der Waals surface area contributed by atoms with E-state index < -0.39 is 6.16 Å². The number of carboxylic acid groups (broad SMARTS) is 2. The molecule has 0 bridgehead atoms. The Bertz CT molecular complexity index is 30.5. The van der Waals surface area contributed by atoms with Gasteiger partial charge in [0.15, 0.2) is 0 Å². The van der Waals surface area contributed by atoms with Crippen LogP contribution < -0.4 is 10.2 Å². The van der Waals surface area contributed by atoms with Crippen molar-refractivity contribution in [2.45, 2.75) is 0 Å². The molecule has 0 aromatic carbocycles. The first-order valence-corrected chi connectivity index (χ1v) is 0.612. The standard InChI is InChI=1S/CH2O3.Ba.H2O/c2-1(3)4;;/h(H2,2,3,4);;1H2/q;+2;/p-3. The van der Waals surface area contributed by atoms with E-state index in [4.69, 9.17) is 15.0 Å². The predicted octanol–water partition coefficient (Wildman–Crippen LogP) is -3.00. The van der Waals surface area contributed by atoms with Gasteiger partial charge in [0, 0.05) is 0 Å². The fourth-order valence-corrected chi connectivity index (χ4v) is 0. The van der Waals surface area contributed by atoms with E-state index in [1.54, 1.807) is 0 Å². The summed E-state index contributed by atoms with van der Waals surface area (Å²) >= 11 is 0. The molecule has 32 valence electrons. The Morgan fingerprint density at radius 1 is 1.33 bits per heavy atom. The van der Waals surface area contributed by atoms with Crippen molar-refractivity contribution in [3.8, 4) is 0 Å². The third-order valence-electron chi connectivity index (χ3n) is 0. The second kappa shape index (κ2) is 9.26. The van der Waals surface area contributed by atoms with E-state index in [2.05, 4.69) is 0 Å². The zero-order valence-electron chi connectivity index (χ0n) is 2.88. The number of hydrogen-bond donors (Lipinski definition) is 0. The molecule has 0 aliphatic heterocycles. The van der Waals surface area contributed by atoms with E-state index in [1.165, 1.54) is 0 Å².